The zero-order valence-corrected chi connectivity index (χ0v) is 23.9. The summed E-state index contributed by atoms with van der Waals surface area (Å²) in [5.74, 6) is 0. The number of hydrogen-bond acceptors (Lipinski definition) is 0. The summed E-state index contributed by atoms with van der Waals surface area (Å²) in [6.07, 6.45) is 36.1. The molecule has 0 aliphatic rings. The molecule has 0 saturated heterocycles. The van der Waals surface area contributed by atoms with Crippen molar-refractivity contribution in [2.75, 3.05) is 27.2 Å². The van der Waals surface area contributed by atoms with Gasteiger partial charge in [-0.15, -0.1) is 0 Å². The Kier molecular flexibility index (Phi) is 20.9. The Bertz CT molecular complexity index is 505. The number of aryl methyl sites for hydroxylation is 1. The fourth-order valence-electron chi connectivity index (χ4n) is 5.26. The zero-order valence-electron chi connectivity index (χ0n) is 23.9. The van der Waals surface area contributed by atoms with Crippen LogP contribution in [0.1, 0.15) is 148 Å². The first-order valence-corrected chi connectivity index (χ1v) is 15.6. The van der Waals surface area contributed by atoms with Gasteiger partial charge < -0.3 is 9.05 Å². The minimum atomic E-state index is 1.20. The van der Waals surface area contributed by atoms with Crippen LogP contribution in [0.5, 0.6) is 0 Å². The van der Waals surface area contributed by atoms with Crippen LogP contribution >= 0.6 is 0 Å². The molecule has 0 aliphatic heterocycles. The van der Waals surface area contributed by atoms with Crippen molar-refractivity contribution >= 4 is 0 Å². The van der Waals surface area contributed by atoms with E-state index in [-0.39, 0.29) is 0 Å². The van der Waals surface area contributed by atoms with E-state index in [9.17, 15) is 0 Å². The zero-order chi connectivity index (χ0) is 24.6. The van der Waals surface area contributed by atoms with Crippen LogP contribution in [0.4, 0.5) is 0 Å². The third kappa shape index (κ3) is 20.6. The van der Waals surface area contributed by atoms with E-state index in [0.29, 0.717) is 0 Å². The normalized spacial score (nSPS) is 12.0. The predicted molar refractivity (Wildman–Crippen MR) is 154 cm³/mol. The minimum Gasteiger partial charge on any atom is -0.354 e. The van der Waals surface area contributed by atoms with Gasteiger partial charge in [-0.1, -0.05) is 116 Å². The number of hydrogen-bond donors (Lipinski definition) is 0. The van der Waals surface area contributed by atoms with Crippen molar-refractivity contribution < 1.29 is 4.48 Å². The van der Waals surface area contributed by atoms with Crippen molar-refractivity contribution in [3.63, 3.8) is 0 Å². The molecule has 2 nitrogen and oxygen atoms in total. The molecule has 1 aromatic rings. The molecule has 200 valence electrons. The summed E-state index contributed by atoms with van der Waals surface area (Å²) in [5, 5.41) is 0. The second-order valence-corrected chi connectivity index (χ2v) is 11.7. The predicted octanol–water partition coefficient (Wildman–Crippen LogP) is 10.2. The molecule has 1 heterocycles. The molecule has 34 heavy (non-hydrogen) atoms. The first-order chi connectivity index (χ1) is 16.6. The Labute approximate surface area is 215 Å². The fourth-order valence-corrected chi connectivity index (χ4v) is 5.26. The summed E-state index contributed by atoms with van der Waals surface area (Å²) in [5.41, 5.74) is 0. The Balaban J connectivity index is 1.77. The third-order valence-corrected chi connectivity index (χ3v) is 7.71. The van der Waals surface area contributed by atoms with Crippen LogP contribution in [0, 0.1) is 0 Å². The van der Waals surface area contributed by atoms with Crippen molar-refractivity contribution in [3.05, 3.63) is 24.5 Å². The molecule has 0 radical (unpaired) electrons. The first kappa shape index (κ1) is 31.3. The van der Waals surface area contributed by atoms with E-state index in [2.05, 4.69) is 50.1 Å². The van der Waals surface area contributed by atoms with Gasteiger partial charge in [0, 0.05) is 18.9 Å². The van der Waals surface area contributed by atoms with Gasteiger partial charge >= 0.3 is 0 Å². The molecule has 0 fully saturated rings. The van der Waals surface area contributed by atoms with Gasteiger partial charge in [-0.05, 0) is 44.2 Å². The Morgan fingerprint density at radius 2 is 0.765 bits per heavy atom. The van der Waals surface area contributed by atoms with E-state index in [1.807, 2.05) is 0 Å². The molecule has 0 atom stereocenters. The highest BCUT2D eigenvalue weighted by Crippen LogP contribution is 2.15. The van der Waals surface area contributed by atoms with Gasteiger partial charge in [0.05, 0.1) is 27.2 Å². The maximum absolute atomic E-state index is 2.45. The Hall–Kier alpha value is -0.760. The number of nitrogens with zero attached hydrogens (tertiary/aromatic N) is 2. The van der Waals surface area contributed by atoms with Gasteiger partial charge in [-0.3, -0.25) is 0 Å². The molecule has 0 aliphatic carbocycles. The van der Waals surface area contributed by atoms with Gasteiger partial charge in [-0.25, -0.2) is 0 Å². The van der Waals surface area contributed by atoms with Crippen molar-refractivity contribution in [3.8, 4) is 0 Å². The second-order valence-electron chi connectivity index (χ2n) is 11.7. The lowest BCUT2D eigenvalue weighted by Crippen LogP contribution is -2.41. The molecule has 0 unspecified atom stereocenters. The van der Waals surface area contributed by atoms with E-state index in [1.54, 1.807) is 0 Å². The highest BCUT2D eigenvalue weighted by atomic mass is 15.3. The minimum absolute atomic E-state index is 1.20. The smallest absolute Gasteiger partial charge is 0.0782 e. The molecule has 0 N–H and O–H groups in total. The second kappa shape index (κ2) is 22.7. The number of rotatable bonds is 26. The standard InChI is InChI=1S/C32H63N2/c1-4-5-6-7-8-9-10-12-15-18-21-26-31-34(2,3)32-27-22-19-16-13-11-14-17-20-23-28-33-29-24-25-30-33/h24-25,29-30H,4-23,26-28,31-32H2,1-3H3/q+1. The summed E-state index contributed by atoms with van der Waals surface area (Å²) in [7, 11) is 4.91. The van der Waals surface area contributed by atoms with Crippen molar-refractivity contribution in [1.82, 2.24) is 4.57 Å². The molecule has 0 saturated carbocycles. The quantitative estimate of drug-likeness (QED) is 0.0927. The van der Waals surface area contributed by atoms with E-state index in [1.165, 1.54) is 165 Å². The van der Waals surface area contributed by atoms with Crippen LogP contribution in [0.15, 0.2) is 24.5 Å². The maximum Gasteiger partial charge on any atom is 0.0782 e. The molecule has 1 rings (SSSR count). The van der Waals surface area contributed by atoms with Gasteiger partial charge in [0.1, 0.15) is 0 Å². The van der Waals surface area contributed by atoms with Crippen molar-refractivity contribution in [2.24, 2.45) is 0 Å². The van der Waals surface area contributed by atoms with Crippen molar-refractivity contribution in [1.29, 1.82) is 0 Å². The van der Waals surface area contributed by atoms with E-state index in [4.69, 9.17) is 0 Å². The third-order valence-electron chi connectivity index (χ3n) is 7.71. The molecule has 1 aromatic heterocycles. The summed E-state index contributed by atoms with van der Waals surface area (Å²) >= 11 is 0. The summed E-state index contributed by atoms with van der Waals surface area (Å²) in [6.45, 7) is 6.25. The molecule has 2 heteroatoms. The van der Waals surface area contributed by atoms with Crippen LogP contribution in [-0.2, 0) is 6.54 Å². The lowest BCUT2D eigenvalue weighted by Gasteiger charge is -2.30. The Morgan fingerprint density at radius 1 is 0.441 bits per heavy atom. The van der Waals surface area contributed by atoms with Crippen LogP contribution in [-0.4, -0.2) is 36.2 Å². The van der Waals surface area contributed by atoms with Gasteiger partial charge in [0.25, 0.3) is 0 Å². The van der Waals surface area contributed by atoms with Crippen LogP contribution in [0.2, 0.25) is 0 Å². The Morgan fingerprint density at radius 3 is 1.15 bits per heavy atom. The summed E-state index contributed by atoms with van der Waals surface area (Å²) in [4.78, 5) is 0. The summed E-state index contributed by atoms with van der Waals surface area (Å²) in [6, 6.07) is 4.25. The molecule has 0 amide bonds. The molecule has 0 spiro atoms. The van der Waals surface area contributed by atoms with E-state index in [0.717, 1.165) is 0 Å². The van der Waals surface area contributed by atoms with Crippen molar-refractivity contribution in [2.45, 2.75) is 155 Å². The van der Waals surface area contributed by atoms with Gasteiger partial charge in [0.15, 0.2) is 0 Å². The average molecular weight is 476 g/mol. The van der Waals surface area contributed by atoms with Crippen LogP contribution in [0.3, 0.4) is 0 Å². The largest absolute Gasteiger partial charge is 0.354 e. The topological polar surface area (TPSA) is 4.93 Å². The lowest BCUT2D eigenvalue weighted by atomic mass is 10.0. The molecule has 0 bridgehead atoms. The fraction of sp³-hybridized carbons (Fsp3) is 0.875. The lowest BCUT2D eigenvalue weighted by molar-refractivity contribution is -0.890. The highest BCUT2D eigenvalue weighted by Gasteiger charge is 2.13. The summed E-state index contributed by atoms with van der Waals surface area (Å²) < 4.78 is 3.54. The molecular weight excluding hydrogens is 412 g/mol. The number of aromatic nitrogens is 1. The number of quaternary nitrogens is 1. The maximum atomic E-state index is 2.45. The van der Waals surface area contributed by atoms with Gasteiger partial charge in [-0.2, -0.15) is 0 Å². The molecular formula is C32H63N2+. The highest BCUT2D eigenvalue weighted by molar-refractivity contribution is 4.89. The van der Waals surface area contributed by atoms with E-state index < -0.39 is 0 Å². The SMILES string of the molecule is CCCCCCCCCCCCCC[N+](C)(C)CCCCCCCCCCCCn1cccc1. The van der Waals surface area contributed by atoms with Gasteiger partial charge in [0.2, 0.25) is 0 Å². The molecule has 0 aromatic carbocycles. The van der Waals surface area contributed by atoms with E-state index >= 15 is 0 Å². The first-order valence-electron chi connectivity index (χ1n) is 15.6. The average Bonchev–Trinajstić information content (AvgIpc) is 3.34. The monoisotopic (exact) mass is 475 g/mol. The number of unbranched alkanes of at least 4 members (excludes halogenated alkanes) is 20. The van der Waals surface area contributed by atoms with Crippen LogP contribution < -0.4 is 0 Å². The van der Waals surface area contributed by atoms with Crippen LogP contribution in [0.25, 0.3) is 0 Å².